The van der Waals surface area contributed by atoms with Crippen LogP contribution in [0.25, 0.3) is 0 Å². The Balaban J connectivity index is 1.52. The number of hydroxylamine groups is 1. The minimum absolute atomic E-state index is 0.123. The fourth-order valence-electron chi connectivity index (χ4n) is 6.14. The van der Waals surface area contributed by atoms with Gasteiger partial charge in [-0.1, -0.05) is 109 Å². The molecule has 2 aliphatic heterocycles. The van der Waals surface area contributed by atoms with Crippen LogP contribution in [0.15, 0.2) is 115 Å². The molecule has 0 aromatic heterocycles. The summed E-state index contributed by atoms with van der Waals surface area (Å²) in [6, 6.07) is 38.7. The largest absolute Gasteiger partial charge is 0.296 e. The van der Waals surface area contributed by atoms with Crippen LogP contribution in [0.3, 0.4) is 0 Å². The maximum atomic E-state index is 14.2. The van der Waals surface area contributed by atoms with Gasteiger partial charge in [-0.3, -0.25) is 14.5 Å². The zero-order valence-electron chi connectivity index (χ0n) is 21.4. The van der Waals surface area contributed by atoms with E-state index in [0.29, 0.717) is 24.5 Å². The van der Waals surface area contributed by atoms with Crippen molar-refractivity contribution in [1.29, 1.82) is 0 Å². The number of hydrogen-bond acceptors (Lipinski definition) is 4. The molecule has 4 aromatic carbocycles. The normalized spacial score (nSPS) is 24.6. The monoisotopic (exact) mass is 522 g/mol. The second-order valence-corrected chi connectivity index (χ2v) is 10.6. The predicted molar refractivity (Wildman–Crippen MR) is 152 cm³/mol. The number of likely N-dealkylation sites (tertiary alicyclic amines) is 1. The number of hydrogen-bond donors (Lipinski definition) is 0. The molecule has 0 aliphatic carbocycles. The average Bonchev–Trinajstić information content (AvgIpc) is 3.31. The van der Waals surface area contributed by atoms with Crippen molar-refractivity contribution in [2.24, 2.45) is 0 Å². The van der Waals surface area contributed by atoms with Gasteiger partial charge in [0.05, 0.1) is 17.6 Å². The first-order valence-corrected chi connectivity index (χ1v) is 13.6. The summed E-state index contributed by atoms with van der Waals surface area (Å²) in [6.07, 6.45) is 0.419. The number of halogens is 1. The van der Waals surface area contributed by atoms with Gasteiger partial charge in [-0.05, 0) is 41.8 Å². The highest BCUT2D eigenvalue weighted by Crippen LogP contribution is 2.56. The Bertz CT molecular complexity index is 1400. The highest BCUT2D eigenvalue weighted by Gasteiger charge is 2.62. The van der Waals surface area contributed by atoms with Crippen LogP contribution in [-0.2, 0) is 9.63 Å². The summed E-state index contributed by atoms with van der Waals surface area (Å²) in [5, 5.41) is 2.61. The topological polar surface area (TPSA) is 32.8 Å². The van der Waals surface area contributed by atoms with Crippen LogP contribution in [0, 0.1) is 0 Å². The van der Waals surface area contributed by atoms with Gasteiger partial charge in [-0.2, -0.15) is 0 Å². The minimum Gasteiger partial charge on any atom is -0.296 e. The number of para-hydroxylation sites is 1. The Morgan fingerprint density at radius 3 is 2.13 bits per heavy atom. The molecule has 2 heterocycles. The first-order valence-electron chi connectivity index (χ1n) is 13.2. The highest BCUT2D eigenvalue weighted by atomic mass is 35.5. The lowest BCUT2D eigenvalue weighted by atomic mass is 9.71. The summed E-state index contributed by atoms with van der Waals surface area (Å²) in [5.74, 6) is -0.185. The molecule has 1 spiro atoms. The summed E-state index contributed by atoms with van der Waals surface area (Å²) in [6.45, 7) is 3.38. The van der Waals surface area contributed by atoms with E-state index in [-0.39, 0.29) is 23.8 Å². The van der Waals surface area contributed by atoms with E-state index in [9.17, 15) is 4.79 Å². The fourth-order valence-corrected chi connectivity index (χ4v) is 6.40. The Kier molecular flexibility index (Phi) is 6.79. The molecule has 0 radical (unpaired) electrons. The third kappa shape index (κ3) is 4.33. The van der Waals surface area contributed by atoms with Crippen molar-refractivity contribution in [1.82, 2.24) is 4.90 Å². The Labute approximate surface area is 229 Å². The predicted octanol–water partition coefficient (Wildman–Crippen LogP) is 7.39. The molecule has 2 fully saturated rings. The van der Waals surface area contributed by atoms with E-state index < -0.39 is 5.60 Å². The zero-order chi connectivity index (χ0) is 26.1. The van der Waals surface area contributed by atoms with Crippen molar-refractivity contribution in [3.63, 3.8) is 0 Å². The number of nitrogens with zero attached hydrogens (tertiary/aromatic N) is 2. The van der Waals surface area contributed by atoms with Crippen LogP contribution in [0.1, 0.15) is 48.0 Å². The molecule has 2 saturated heterocycles. The SMILES string of the molecule is CC(c1ccccc1)N1CCC(=O)C2(C1)ON(c1ccccc1)[C@@H](c1ccccc1)[C@@H]2c1ccccc1Cl. The highest BCUT2D eigenvalue weighted by molar-refractivity contribution is 6.31. The molecule has 0 bridgehead atoms. The van der Waals surface area contributed by atoms with E-state index in [0.717, 1.165) is 16.8 Å². The molecule has 6 rings (SSSR count). The van der Waals surface area contributed by atoms with E-state index in [1.807, 2.05) is 77.9 Å². The second kappa shape index (κ2) is 10.4. The molecule has 2 aliphatic rings. The van der Waals surface area contributed by atoms with Gasteiger partial charge in [0.15, 0.2) is 11.4 Å². The first-order chi connectivity index (χ1) is 18.6. The van der Waals surface area contributed by atoms with Gasteiger partial charge in [0.1, 0.15) is 0 Å². The van der Waals surface area contributed by atoms with Gasteiger partial charge in [0, 0.05) is 30.6 Å². The Hall–Kier alpha value is -3.44. The summed E-state index contributed by atoms with van der Waals surface area (Å²) >= 11 is 6.90. The minimum atomic E-state index is -1.09. The van der Waals surface area contributed by atoms with Crippen molar-refractivity contribution < 1.29 is 9.63 Å². The summed E-state index contributed by atoms with van der Waals surface area (Å²) in [5.41, 5.74) is 3.06. The van der Waals surface area contributed by atoms with Gasteiger partial charge >= 0.3 is 0 Å². The van der Waals surface area contributed by atoms with Gasteiger partial charge < -0.3 is 0 Å². The summed E-state index contributed by atoms with van der Waals surface area (Å²) < 4.78 is 0. The summed E-state index contributed by atoms with van der Waals surface area (Å²) in [4.78, 5) is 23.5. The lowest BCUT2D eigenvalue weighted by Crippen LogP contribution is -2.58. The van der Waals surface area contributed by atoms with E-state index in [1.54, 1.807) is 0 Å². The maximum absolute atomic E-state index is 14.2. The lowest BCUT2D eigenvalue weighted by molar-refractivity contribution is -0.151. The number of ketones is 1. The van der Waals surface area contributed by atoms with Crippen LogP contribution in [0.2, 0.25) is 5.02 Å². The van der Waals surface area contributed by atoms with Crippen molar-refractivity contribution >= 4 is 23.1 Å². The average molecular weight is 523 g/mol. The number of benzene rings is 4. The molecule has 4 nitrogen and oxygen atoms in total. The molecular weight excluding hydrogens is 492 g/mol. The number of piperidine rings is 1. The smallest absolute Gasteiger partial charge is 0.176 e. The molecule has 4 atom stereocenters. The molecule has 38 heavy (non-hydrogen) atoms. The van der Waals surface area contributed by atoms with E-state index in [1.165, 1.54) is 5.56 Å². The molecule has 5 heteroatoms. The molecule has 192 valence electrons. The van der Waals surface area contributed by atoms with Crippen molar-refractivity contribution in [2.75, 3.05) is 18.2 Å². The van der Waals surface area contributed by atoms with Crippen LogP contribution in [0.4, 0.5) is 5.69 Å². The van der Waals surface area contributed by atoms with Crippen LogP contribution >= 0.6 is 11.6 Å². The quantitative estimate of drug-likeness (QED) is 0.273. The molecule has 0 N–H and O–H groups in total. The fraction of sp³-hybridized carbons (Fsp3) is 0.242. The van der Waals surface area contributed by atoms with Gasteiger partial charge in [-0.25, -0.2) is 5.06 Å². The van der Waals surface area contributed by atoms with Gasteiger partial charge in [0.25, 0.3) is 0 Å². The zero-order valence-corrected chi connectivity index (χ0v) is 22.2. The van der Waals surface area contributed by atoms with Crippen LogP contribution in [0.5, 0.6) is 0 Å². The third-order valence-corrected chi connectivity index (χ3v) is 8.43. The number of Topliss-reactive ketones (excluding diaryl/α,β-unsaturated/α-hetero) is 1. The van der Waals surface area contributed by atoms with E-state index >= 15 is 0 Å². The van der Waals surface area contributed by atoms with Crippen molar-refractivity contribution in [2.45, 2.75) is 36.9 Å². The number of carbonyl (C=O) groups excluding carboxylic acids is 1. The molecule has 0 saturated carbocycles. The molecule has 0 amide bonds. The second-order valence-electron chi connectivity index (χ2n) is 10.2. The Morgan fingerprint density at radius 2 is 1.45 bits per heavy atom. The van der Waals surface area contributed by atoms with Crippen molar-refractivity contribution in [3.8, 4) is 0 Å². The van der Waals surface area contributed by atoms with E-state index in [4.69, 9.17) is 16.4 Å². The van der Waals surface area contributed by atoms with Gasteiger partial charge in [-0.15, -0.1) is 0 Å². The molecular formula is C33H31ClN2O2. The Morgan fingerprint density at radius 1 is 0.842 bits per heavy atom. The molecule has 4 aromatic rings. The van der Waals surface area contributed by atoms with Crippen LogP contribution < -0.4 is 5.06 Å². The summed E-state index contributed by atoms with van der Waals surface area (Å²) in [7, 11) is 0. The van der Waals surface area contributed by atoms with Crippen molar-refractivity contribution in [3.05, 3.63) is 137 Å². The van der Waals surface area contributed by atoms with Crippen LogP contribution in [-0.4, -0.2) is 29.4 Å². The third-order valence-electron chi connectivity index (χ3n) is 8.09. The maximum Gasteiger partial charge on any atom is 0.176 e. The van der Waals surface area contributed by atoms with Gasteiger partial charge in [0.2, 0.25) is 0 Å². The standard InChI is InChI=1S/C33H31ClN2O2/c1-24(25-13-5-2-6-14-25)35-22-21-30(37)33(23-35)31(28-19-11-12-20-29(28)34)32(26-15-7-3-8-16-26)36(38-33)27-17-9-4-10-18-27/h2-20,24,31-32H,21-23H2,1H3/t24?,31-,32-,33?/m0/s1. The van der Waals surface area contributed by atoms with E-state index in [2.05, 4.69) is 54.3 Å². The number of rotatable bonds is 5. The number of carbonyl (C=O) groups is 1. The number of anilines is 1. The first kappa shape index (κ1) is 24.9. The molecule has 2 unspecified atom stereocenters. The lowest BCUT2D eigenvalue weighted by Gasteiger charge is -2.43.